The Morgan fingerprint density at radius 2 is 1.63 bits per heavy atom. The molecular formula is C33H41N2O6S2+. The summed E-state index contributed by atoms with van der Waals surface area (Å²) in [5, 5.41) is 0. The number of anilines is 1. The van der Waals surface area contributed by atoms with E-state index in [1.807, 2.05) is 86.1 Å². The van der Waals surface area contributed by atoms with Crippen LogP contribution in [0.15, 0.2) is 95.1 Å². The number of rotatable bonds is 10. The Hall–Kier alpha value is -3.31. The fraction of sp³-hybridized carbons (Fsp3) is 0.364. The average molecular weight is 626 g/mol. The number of fused-ring (bicyclic) bond motifs is 2. The predicted molar refractivity (Wildman–Crippen MR) is 173 cm³/mol. The molecule has 0 spiro atoms. The van der Waals surface area contributed by atoms with Gasteiger partial charge in [-0.15, -0.1) is 0 Å². The van der Waals surface area contributed by atoms with Crippen LogP contribution in [-0.4, -0.2) is 55.1 Å². The van der Waals surface area contributed by atoms with Crippen LogP contribution in [0, 0.1) is 0 Å². The van der Waals surface area contributed by atoms with Gasteiger partial charge in [-0.05, 0) is 62.6 Å². The van der Waals surface area contributed by atoms with Gasteiger partial charge in [-0.1, -0.05) is 63.3 Å². The third-order valence-electron chi connectivity index (χ3n) is 8.39. The Labute approximate surface area is 256 Å². The largest absolute Gasteiger partial charge is 0.344 e. The fourth-order valence-electron chi connectivity index (χ4n) is 6.06. The monoisotopic (exact) mass is 625 g/mol. The van der Waals surface area contributed by atoms with Crippen molar-refractivity contribution in [2.75, 3.05) is 23.7 Å². The molecule has 0 unspecified atom stereocenters. The molecule has 0 radical (unpaired) electrons. The third kappa shape index (κ3) is 6.62. The highest BCUT2D eigenvalue weighted by molar-refractivity contribution is 7.86. The zero-order valence-corrected chi connectivity index (χ0v) is 27.2. The standard InChI is InChI=1S/C33H40N2O6S2/c1-7-24(13-11-17-30-33(5,6)27-23-25(43(39,40)41)19-20-29(27)34(30)8-2)14-12-18-31-32(3,4)26-15-9-10-16-28(26)35(31)21-22-42(36,37)38/h9-20,23H,7-8,21-22H2,1-6H3,(H-,36,37,38,39,40,41)/p+1. The second-order valence-corrected chi connectivity index (χ2v) is 14.8. The summed E-state index contributed by atoms with van der Waals surface area (Å²) < 4.78 is 67.6. The molecule has 0 amide bonds. The van der Waals surface area contributed by atoms with Gasteiger partial charge in [0.2, 0.25) is 5.69 Å². The van der Waals surface area contributed by atoms with Crippen molar-refractivity contribution in [3.05, 3.63) is 101 Å². The molecule has 0 saturated heterocycles. The summed E-state index contributed by atoms with van der Waals surface area (Å²) in [4.78, 5) is 2.04. The molecule has 2 N–H and O–H groups in total. The van der Waals surface area contributed by atoms with E-state index in [1.165, 1.54) is 6.07 Å². The molecule has 2 aliphatic rings. The van der Waals surface area contributed by atoms with E-state index in [4.69, 9.17) is 0 Å². The molecule has 2 heterocycles. The average Bonchev–Trinajstić information content (AvgIpc) is 3.28. The van der Waals surface area contributed by atoms with Gasteiger partial charge in [0.15, 0.2) is 12.3 Å². The van der Waals surface area contributed by atoms with Crippen LogP contribution in [0.1, 0.15) is 59.1 Å². The zero-order valence-electron chi connectivity index (χ0n) is 25.6. The minimum absolute atomic E-state index is 0.113. The minimum Gasteiger partial charge on any atom is -0.344 e. The van der Waals surface area contributed by atoms with Gasteiger partial charge in [-0.25, -0.2) is 0 Å². The molecule has 8 nitrogen and oxygen atoms in total. The van der Waals surface area contributed by atoms with Gasteiger partial charge in [0.1, 0.15) is 5.75 Å². The number of para-hydroxylation sites is 1. The highest BCUT2D eigenvalue weighted by Gasteiger charge is 2.44. The maximum atomic E-state index is 11.8. The second kappa shape index (κ2) is 12.0. The molecule has 0 saturated carbocycles. The van der Waals surface area contributed by atoms with Gasteiger partial charge < -0.3 is 4.90 Å². The SMILES string of the molecule is CCC(/C=C/C=C1/N(CC)c2ccc(S(=O)(=O)O)cc2C1(C)C)=C\C=C\C1=[N+](CCS(=O)(=O)O)c2ccccc2C1(C)C. The van der Waals surface area contributed by atoms with Crippen molar-refractivity contribution < 1.29 is 30.5 Å². The molecule has 230 valence electrons. The summed E-state index contributed by atoms with van der Waals surface area (Å²) in [6, 6.07) is 12.6. The molecule has 2 aromatic rings. The van der Waals surface area contributed by atoms with Gasteiger partial charge in [-0.3, -0.25) is 9.11 Å². The first-order chi connectivity index (χ1) is 20.0. The molecule has 2 aromatic carbocycles. The Morgan fingerprint density at radius 3 is 2.26 bits per heavy atom. The molecule has 2 aliphatic heterocycles. The molecule has 43 heavy (non-hydrogen) atoms. The Bertz CT molecular complexity index is 1790. The lowest BCUT2D eigenvalue weighted by Gasteiger charge is -2.25. The van der Waals surface area contributed by atoms with Crippen LogP contribution in [0.3, 0.4) is 0 Å². The quantitative estimate of drug-likeness (QED) is 0.180. The van der Waals surface area contributed by atoms with E-state index in [0.717, 1.165) is 45.9 Å². The van der Waals surface area contributed by atoms with Gasteiger partial charge >= 0.3 is 0 Å². The van der Waals surface area contributed by atoms with E-state index in [-0.39, 0.29) is 22.6 Å². The van der Waals surface area contributed by atoms with Gasteiger partial charge in [0.25, 0.3) is 20.2 Å². The molecule has 0 atom stereocenters. The summed E-state index contributed by atoms with van der Waals surface area (Å²) >= 11 is 0. The van der Waals surface area contributed by atoms with Crippen molar-refractivity contribution in [1.29, 1.82) is 0 Å². The van der Waals surface area contributed by atoms with E-state index in [0.29, 0.717) is 6.54 Å². The summed E-state index contributed by atoms with van der Waals surface area (Å²) in [5.74, 6) is -0.367. The number of benzene rings is 2. The van der Waals surface area contributed by atoms with Crippen molar-refractivity contribution in [3.8, 4) is 0 Å². The lowest BCUT2D eigenvalue weighted by atomic mass is 9.81. The van der Waals surface area contributed by atoms with E-state index in [2.05, 4.69) is 25.7 Å². The normalized spacial score (nSPS) is 19.2. The van der Waals surface area contributed by atoms with Crippen LogP contribution in [0.2, 0.25) is 0 Å². The van der Waals surface area contributed by atoms with E-state index in [1.54, 1.807) is 12.1 Å². The number of hydrogen-bond acceptors (Lipinski definition) is 5. The summed E-state index contributed by atoms with van der Waals surface area (Å²) in [6.07, 6.45) is 12.9. The highest BCUT2D eigenvalue weighted by Crippen LogP contribution is 2.48. The molecule has 4 rings (SSSR count). The van der Waals surface area contributed by atoms with Crippen LogP contribution >= 0.6 is 0 Å². The Balaban J connectivity index is 1.63. The van der Waals surface area contributed by atoms with Gasteiger partial charge in [-0.2, -0.15) is 21.4 Å². The Morgan fingerprint density at radius 1 is 0.930 bits per heavy atom. The third-order valence-corrected chi connectivity index (χ3v) is 9.93. The first-order valence-electron chi connectivity index (χ1n) is 14.4. The Kier molecular flexibility index (Phi) is 9.09. The highest BCUT2D eigenvalue weighted by atomic mass is 32.2. The summed E-state index contributed by atoms with van der Waals surface area (Å²) in [7, 11) is -8.43. The van der Waals surface area contributed by atoms with Crippen LogP contribution in [0.25, 0.3) is 0 Å². The first kappa shape index (κ1) is 32.6. The summed E-state index contributed by atoms with van der Waals surface area (Å²) in [5.41, 5.74) is 6.02. The second-order valence-electron chi connectivity index (χ2n) is 11.9. The summed E-state index contributed by atoms with van der Waals surface area (Å²) in [6.45, 7) is 13.3. The van der Waals surface area contributed by atoms with Crippen LogP contribution < -0.4 is 4.90 Å². The van der Waals surface area contributed by atoms with E-state index in [9.17, 15) is 25.9 Å². The van der Waals surface area contributed by atoms with Gasteiger partial charge in [0, 0.05) is 41.1 Å². The van der Waals surface area contributed by atoms with E-state index < -0.39 is 25.7 Å². The molecule has 0 aliphatic carbocycles. The smallest absolute Gasteiger partial charge is 0.294 e. The predicted octanol–water partition coefficient (Wildman–Crippen LogP) is 6.35. The molecule has 0 aromatic heterocycles. The fourth-order valence-corrected chi connectivity index (χ4v) is 6.98. The first-order valence-corrected chi connectivity index (χ1v) is 17.4. The van der Waals surface area contributed by atoms with Crippen molar-refractivity contribution >= 4 is 37.3 Å². The van der Waals surface area contributed by atoms with E-state index >= 15 is 0 Å². The lowest BCUT2D eigenvalue weighted by molar-refractivity contribution is -0.432. The number of nitrogens with zero attached hydrogens (tertiary/aromatic N) is 2. The molecule has 0 bridgehead atoms. The van der Waals surface area contributed by atoms with Crippen molar-refractivity contribution in [2.24, 2.45) is 0 Å². The molecule has 10 heteroatoms. The maximum Gasteiger partial charge on any atom is 0.294 e. The van der Waals surface area contributed by atoms with Crippen molar-refractivity contribution in [2.45, 2.75) is 63.7 Å². The minimum atomic E-state index is -4.31. The molecular weight excluding hydrogens is 585 g/mol. The van der Waals surface area contributed by atoms with Crippen molar-refractivity contribution in [3.63, 3.8) is 0 Å². The van der Waals surface area contributed by atoms with Gasteiger partial charge in [0.05, 0.1) is 10.3 Å². The topological polar surface area (TPSA) is 115 Å². The number of hydrogen-bond donors (Lipinski definition) is 2. The number of allylic oxidation sites excluding steroid dienone is 8. The van der Waals surface area contributed by atoms with Crippen molar-refractivity contribution in [1.82, 2.24) is 0 Å². The number of likely N-dealkylation sites (N-methyl/N-ethyl adjacent to an activating group) is 1. The van der Waals surface area contributed by atoms with Crippen LogP contribution in [0.5, 0.6) is 0 Å². The van der Waals surface area contributed by atoms with Crippen LogP contribution in [-0.2, 0) is 31.1 Å². The zero-order chi connectivity index (χ0) is 31.8. The maximum absolute atomic E-state index is 11.8. The molecule has 0 fully saturated rings. The lowest BCUT2D eigenvalue weighted by Crippen LogP contribution is -2.29. The van der Waals surface area contributed by atoms with Crippen LogP contribution in [0.4, 0.5) is 11.4 Å².